The zero-order valence-corrected chi connectivity index (χ0v) is 12.8. The summed E-state index contributed by atoms with van der Waals surface area (Å²) in [5, 5.41) is 12.8. The average molecular weight is 279 g/mol. The van der Waals surface area contributed by atoms with Gasteiger partial charge in [0.2, 0.25) is 0 Å². The van der Waals surface area contributed by atoms with E-state index in [0.29, 0.717) is 12.0 Å². The summed E-state index contributed by atoms with van der Waals surface area (Å²) >= 11 is 0. The minimum atomic E-state index is -0.856. The molecule has 0 saturated carbocycles. The highest BCUT2D eigenvalue weighted by Crippen LogP contribution is 2.14. The third-order valence-corrected chi connectivity index (χ3v) is 2.91. The van der Waals surface area contributed by atoms with E-state index in [1.54, 1.807) is 31.2 Å². The van der Waals surface area contributed by atoms with E-state index in [0.717, 1.165) is 12.2 Å². The molecular weight excluding hydrogens is 254 g/mol. The Morgan fingerprint density at radius 1 is 1.35 bits per heavy atom. The molecule has 0 aliphatic carbocycles. The lowest BCUT2D eigenvalue weighted by atomic mass is 10.0. The van der Waals surface area contributed by atoms with Gasteiger partial charge >= 0.3 is 0 Å². The third-order valence-electron chi connectivity index (χ3n) is 2.91. The number of benzene rings is 1. The Hall–Kier alpha value is -1.55. The van der Waals surface area contributed by atoms with Crippen LogP contribution < -0.4 is 10.1 Å². The van der Waals surface area contributed by atoms with E-state index in [2.05, 4.69) is 5.32 Å². The number of aliphatic hydroxyl groups is 1. The van der Waals surface area contributed by atoms with Crippen molar-refractivity contribution in [2.75, 3.05) is 6.54 Å². The second-order valence-electron chi connectivity index (χ2n) is 5.62. The number of carbonyl (C=O) groups excluding carboxylic acids is 1. The van der Waals surface area contributed by atoms with E-state index in [-0.39, 0.29) is 18.6 Å². The van der Waals surface area contributed by atoms with Gasteiger partial charge in [0.05, 0.1) is 11.7 Å². The van der Waals surface area contributed by atoms with Crippen molar-refractivity contribution in [1.82, 2.24) is 5.32 Å². The maximum atomic E-state index is 12.0. The fraction of sp³-hybridized carbons (Fsp3) is 0.562. The van der Waals surface area contributed by atoms with Crippen LogP contribution in [0.3, 0.4) is 0 Å². The monoisotopic (exact) mass is 279 g/mol. The van der Waals surface area contributed by atoms with Gasteiger partial charge in [-0.15, -0.1) is 0 Å². The number of rotatable bonds is 7. The van der Waals surface area contributed by atoms with Crippen LogP contribution in [0.2, 0.25) is 0 Å². The van der Waals surface area contributed by atoms with E-state index < -0.39 is 5.60 Å². The zero-order chi connectivity index (χ0) is 15.2. The van der Waals surface area contributed by atoms with Gasteiger partial charge in [-0.25, -0.2) is 0 Å². The van der Waals surface area contributed by atoms with Crippen molar-refractivity contribution in [3.05, 3.63) is 29.8 Å². The van der Waals surface area contributed by atoms with Crippen molar-refractivity contribution in [2.24, 2.45) is 0 Å². The fourth-order valence-electron chi connectivity index (χ4n) is 1.96. The molecule has 1 unspecified atom stereocenters. The van der Waals surface area contributed by atoms with Crippen LogP contribution in [0, 0.1) is 0 Å². The Morgan fingerprint density at radius 3 is 2.45 bits per heavy atom. The van der Waals surface area contributed by atoms with Gasteiger partial charge in [-0.1, -0.05) is 13.3 Å². The second kappa shape index (κ2) is 7.29. The molecule has 0 saturated heterocycles. The SMILES string of the molecule is CCCC(C)(O)CNC(=O)c1ccc(OC(C)C)cc1. The van der Waals surface area contributed by atoms with E-state index in [1.165, 1.54) is 0 Å². The standard InChI is InChI=1S/C16H25NO3/c1-5-10-16(4,19)11-17-15(18)13-6-8-14(9-7-13)20-12(2)3/h6-9,12,19H,5,10-11H2,1-4H3,(H,17,18). The first-order valence-electron chi connectivity index (χ1n) is 7.11. The summed E-state index contributed by atoms with van der Waals surface area (Å²) in [5.41, 5.74) is -0.293. The van der Waals surface area contributed by atoms with Gasteiger partial charge < -0.3 is 15.2 Å². The molecule has 20 heavy (non-hydrogen) atoms. The topological polar surface area (TPSA) is 58.6 Å². The lowest BCUT2D eigenvalue weighted by Crippen LogP contribution is -2.40. The first kappa shape index (κ1) is 16.5. The molecule has 1 aromatic rings. The number of hydrogen-bond donors (Lipinski definition) is 2. The minimum Gasteiger partial charge on any atom is -0.491 e. The fourth-order valence-corrected chi connectivity index (χ4v) is 1.96. The molecule has 0 aromatic heterocycles. The highest BCUT2D eigenvalue weighted by atomic mass is 16.5. The van der Waals surface area contributed by atoms with Crippen molar-refractivity contribution in [1.29, 1.82) is 0 Å². The lowest BCUT2D eigenvalue weighted by molar-refractivity contribution is 0.0469. The zero-order valence-electron chi connectivity index (χ0n) is 12.8. The van der Waals surface area contributed by atoms with Crippen molar-refractivity contribution in [3.8, 4) is 5.75 Å². The predicted octanol–water partition coefficient (Wildman–Crippen LogP) is 2.75. The maximum absolute atomic E-state index is 12.0. The van der Waals surface area contributed by atoms with Gasteiger partial charge in [0.1, 0.15) is 5.75 Å². The molecule has 1 atom stereocenters. The number of hydrogen-bond acceptors (Lipinski definition) is 3. The van der Waals surface area contributed by atoms with Crippen LogP contribution in [0.4, 0.5) is 0 Å². The van der Waals surface area contributed by atoms with E-state index in [4.69, 9.17) is 4.74 Å². The Balaban J connectivity index is 2.55. The van der Waals surface area contributed by atoms with Crippen LogP contribution in [0.1, 0.15) is 50.9 Å². The molecule has 2 N–H and O–H groups in total. The summed E-state index contributed by atoms with van der Waals surface area (Å²) in [6, 6.07) is 7.00. The lowest BCUT2D eigenvalue weighted by Gasteiger charge is -2.22. The quantitative estimate of drug-likeness (QED) is 0.807. The van der Waals surface area contributed by atoms with Crippen molar-refractivity contribution < 1.29 is 14.6 Å². The molecule has 0 bridgehead atoms. The van der Waals surface area contributed by atoms with Crippen LogP contribution >= 0.6 is 0 Å². The number of nitrogens with one attached hydrogen (secondary N) is 1. The summed E-state index contributed by atoms with van der Waals surface area (Å²) in [4.78, 5) is 12.0. The van der Waals surface area contributed by atoms with E-state index in [1.807, 2.05) is 20.8 Å². The first-order chi connectivity index (χ1) is 9.34. The van der Waals surface area contributed by atoms with E-state index >= 15 is 0 Å². The van der Waals surface area contributed by atoms with Crippen LogP contribution in [0.25, 0.3) is 0 Å². The molecule has 0 fully saturated rings. The van der Waals surface area contributed by atoms with Gasteiger partial charge in [0, 0.05) is 12.1 Å². The maximum Gasteiger partial charge on any atom is 0.251 e. The molecule has 0 heterocycles. The average Bonchev–Trinajstić information content (AvgIpc) is 2.36. The highest BCUT2D eigenvalue weighted by molar-refractivity contribution is 5.94. The molecule has 0 radical (unpaired) electrons. The van der Waals surface area contributed by atoms with Crippen molar-refractivity contribution in [3.63, 3.8) is 0 Å². The first-order valence-corrected chi connectivity index (χ1v) is 7.11. The molecule has 0 spiro atoms. The summed E-state index contributed by atoms with van der Waals surface area (Å²) < 4.78 is 5.52. The van der Waals surface area contributed by atoms with Gasteiger partial charge in [0.25, 0.3) is 5.91 Å². The number of ether oxygens (including phenoxy) is 1. The van der Waals surface area contributed by atoms with Crippen molar-refractivity contribution >= 4 is 5.91 Å². The molecule has 4 heteroatoms. The Kier molecular flexibility index (Phi) is 6.02. The summed E-state index contributed by atoms with van der Waals surface area (Å²) in [6.07, 6.45) is 1.65. The molecule has 0 aliphatic rings. The highest BCUT2D eigenvalue weighted by Gasteiger charge is 2.20. The Labute approximate surface area is 121 Å². The second-order valence-corrected chi connectivity index (χ2v) is 5.62. The largest absolute Gasteiger partial charge is 0.491 e. The number of amides is 1. The Morgan fingerprint density at radius 2 is 1.95 bits per heavy atom. The molecule has 0 aliphatic heterocycles. The Bertz CT molecular complexity index is 424. The third kappa shape index (κ3) is 5.61. The normalized spacial score (nSPS) is 13.9. The summed E-state index contributed by atoms with van der Waals surface area (Å²) in [6.45, 7) is 7.90. The van der Waals surface area contributed by atoms with Crippen LogP contribution in [-0.2, 0) is 0 Å². The molecule has 1 aromatic carbocycles. The van der Waals surface area contributed by atoms with Crippen LogP contribution in [0.15, 0.2) is 24.3 Å². The van der Waals surface area contributed by atoms with Gasteiger partial charge in [-0.3, -0.25) is 4.79 Å². The number of carbonyl (C=O) groups is 1. The predicted molar refractivity (Wildman–Crippen MR) is 80.1 cm³/mol. The van der Waals surface area contributed by atoms with Crippen LogP contribution in [-0.4, -0.2) is 29.3 Å². The van der Waals surface area contributed by atoms with E-state index in [9.17, 15) is 9.90 Å². The molecular formula is C16H25NO3. The van der Waals surface area contributed by atoms with Gasteiger partial charge in [-0.2, -0.15) is 0 Å². The molecule has 1 rings (SSSR count). The summed E-state index contributed by atoms with van der Waals surface area (Å²) in [7, 11) is 0. The van der Waals surface area contributed by atoms with Crippen molar-refractivity contribution in [2.45, 2.75) is 52.2 Å². The van der Waals surface area contributed by atoms with Crippen LogP contribution in [0.5, 0.6) is 5.75 Å². The molecule has 112 valence electrons. The smallest absolute Gasteiger partial charge is 0.251 e. The summed E-state index contributed by atoms with van der Waals surface area (Å²) in [5.74, 6) is 0.562. The molecule has 4 nitrogen and oxygen atoms in total. The molecule has 1 amide bonds. The minimum absolute atomic E-state index is 0.110. The van der Waals surface area contributed by atoms with Gasteiger partial charge in [-0.05, 0) is 51.5 Å². The van der Waals surface area contributed by atoms with Gasteiger partial charge in [0.15, 0.2) is 0 Å².